The van der Waals surface area contributed by atoms with Gasteiger partial charge in [-0.2, -0.15) is 0 Å². The molecule has 0 radical (unpaired) electrons. The number of ether oxygens (including phenoxy) is 2. The lowest BCUT2D eigenvalue weighted by atomic mass is 10.1. The average molecular weight is 234 g/mol. The fourth-order valence-corrected chi connectivity index (χ4v) is 2.11. The van der Waals surface area contributed by atoms with E-state index in [2.05, 4.69) is 11.9 Å². The van der Waals surface area contributed by atoms with Crippen molar-refractivity contribution in [3.8, 4) is 11.5 Å². The summed E-state index contributed by atoms with van der Waals surface area (Å²) in [6.45, 7) is 2.73. The molecular formula is C13H18N2O2. The smallest absolute Gasteiger partial charge is 0.162 e. The summed E-state index contributed by atoms with van der Waals surface area (Å²) in [6.07, 6.45) is 0.852. The van der Waals surface area contributed by atoms with Gasteiger partial charge in [0.2, 0.25) is 0 Å². The number of fused-ring (bicyclic) bond motifs is 1. The number of rotatable bonds is 4. The molecule has 4 nitrogen and oxygen atoms in total. The Morgan fingerprint density at radius 2 is 1.82 bits per heavy atom. The van der Waals surface area contributed by atoms with E-state index < -0.39 is 0 Å². The van der Waals surface area contributed by atoms with Crippen LogP contribution in [0.5, 0.6) is 11.5 Å². The zero-order chi connectivity index (χ0) is 12.4. The molecule has 0 saturated heterocycles. The number of H-pyrrole nitrogens is 1. The highest BCUT2D eigenvalue weighted by Crippen LogP contribution is 2.34. The molecule has 92 valence electrons. The Morgan fingerprint density at radius 1 is 1.18 bits per heavy atom. The first-order valence-corrected chi connectivity index (χ1v) is 5.64. The summed E-state index contributed by atoms with van der Waals surface area (Å²) in [5.41, 5.74) is 9.06. The highest BCUT2D eigenvalue weighted by Gasteiger charge is 2.11. The number of methoxy groups -OCH3 is 2. The summed E-state index contributed by atoms with van der Waals surface area (Å²) in [6, 6.07) is 3.96. The monoisotopic (exact) mass is 234 g/mol. The molecule has 0 saturated carbocycles. The van der Waals surface area contributed by atoms with Gasteiger partial charge in [-0.05, 0) is 25.1 Å². The van der Waals surface area contributed by atoms with Crippen LogP contribution in [0.1, 0.15) is 11.3 Å². The molecule has 2 rings (SSSR count). The van der Waals surface area contributed by atoms with Crippen molar-refractivity contribution in [1.82, 2.24) is 4.98 Å². The number of nitrogens with two attached hydrogens (primary N) is 1. The second-order valence-corrected chi connectivity index (χ2v) is 4.02. The number of hydrogen-bond donors (Lipinski definition) is 2. The lowest BCUT2D eigenvalue weighted by molar-refractivity contribution is 0.356. The number of aryl methyl sites for hydroxylation is 1. The second-order valence-electron chi connectivity index (χ2n) is 4.02. The summed E-state index contributed by atoms with van der Waals surface area (Å²) >= 11 is 0. The number of nitrogens with one attached hydrogen (secondary N) is 1. The molecule has 4 heteroatoms. The van der Waals surface area contributed by atoms with Crippen LogP contribution >= 0.6 is 0 Å². The molecule has 0 unspecified atom stereocenters. The zero-order valence-electron chi connectivity index (χ0n) is 10.5. The summed E-state index contributed by atoms with van der Waals surface area (Å²) < 4.78 is 10.6. The Labute approximate surface area is 101 Å². The Balaban J connectivity index is 2.62. The highest BCUT2D eigenvalue weighted by atomic mass is 16.5. The Morgan fingerprint density at radius 3 is 2.41 bits per heavy atom. The molecule has 0 amide bonds. The fraction of sp³-hybridized carbons (Fsp3) is 0.385. The van der Waals surface area contributed by atoms with Gasteiger partial charge < -0.3 is 20.2 Å². The van der Waals surface area contributed by atoms with Gasteiger partial charge in [0.25, 0.3) is 0 Å². The van der Waals surface area contributed by atoms with Gasteiger partial charge in [-0.1, -0.05) is 0 Å². The fourth-order valence-electron chi connectivity index (χ4n) is 2.11. The Kier molecular flexibility index (Phi) is 3.24. The van der Waals surface area contributed by atoms with E-state index in [0.29, 0.717) is 6.54 Å². The van der Waals surface area contributed by atoms with Gasteiger partial charge in [-0.3, -0.25) is 0 Å². The van der Waals surface area contributed by atoms with Crippen molar-refractivity contribution in [3.05, 3.63) is 23.4 Å². The maximum absolute atomic E-state index is 5.59. The standard InChI is InChI=1S/C13H18N2O2/c1-8-9-6-12(16-2)13(17-3)7-11(9)15-10(8)4-5-14/h6-7,15H,4-5,14H2,1-3H3. The quantitative estimate of drug-likeness (QED) is 0.850. The lowest BCUT2D eigenvalue weighted by Gasteiger charge is -2.07. The molecule has 0 bridgehead atoms. The largest absolute Gasteiger partial charge is 0.493 e. The summed E-state index contributed by atoms with van der Waals surface area (Å²) in [5, 5.41) is 1.16. The maximum atomic E-state index is 5.59. The van der Waals surface area contributed by atoms with Crippen LogP contribution in [0.4, 0.5) is 0 Å². The van der Waals surface area contributed by atoms with E-state index in [0.717, 1.165) is 28.8 Å². The molecule has 2 aromatic rings. The molecule has 0 aliphatic heterocycles. The molecular weight excluding hydrogens is 216 g/mol. The third-order valence-corrected chi connectivity index (χ3v) is 3.06. The molecule has 1 aromatic carbocycles. The molecule has 1 aromatic heterocycles. The molecule has 0 fully saturated rings. The second kappa shape index (κ2) is 4.67. The number of aromatic amines is 1. The average Bonchev–Trinajstić information content (AvgIpc) is 2.65. The molecule has 0 aliphatic carbocycles. The van der Waals surface area contributed by atoms with E-state index in [1.165, 1.54) is 11.3 Å². The van der Waals surface area contributed by atoms with Crippen molar-refractivity contribution >= 4 is 10.9 Å². The SMILES string of the molecule is COc1cc2[nH]c(CCN)c(C)c2cc1OC. The van der Waals surface area contributed by atoms with E-state index >= 15 is 0 Å². The molecule has 0 spiro atoms. The molecule has 3 N–H and O–H groups in total. The van der Waals surface area contributed by atoms with E-state index in [9.17, 15) is 0 Å². The third kappa shape index (κ3) is 1.96. The first kappa shape index (κ1) is 11.8. The summed E-state index contributed by atoms with van der Waals surface area (Å²) in [5.74, 6) is 1.49. The van der Waals surface area contributed by atoms with Crippen LogP contribution < -0.4 is 15.2 Å². The summed E-state index contributed by atoms with van der Waals surface area (Å²) in [7, 11) is 3.28. The van der Waals surface area contributed by atoms with E-state index in [1.54, 1.807) is 14.2 Å². The zero-order valence-corrected chi connectivity index (χ0v) is 10.5. The van der Waals surface area contributed by atoms with E-state index in [1.807, 2.05) is 12.1 Å². The lowest BCUT2D eigenvalue weighted by Crippen LogP contribution is -2.03. The van der Waals surface area contributed by atoms with Crippen molar-refractivity contribution in [1.29, 1.82) is 0 Å². The minimum absolute atomic E-state index is 0.641. The van der Waals surface area contributed by atoms with Gasteiger partial charge in [0.05, 0.1) is 14.2 Å². The van der Waals surface area contributed by atoms with Gasteiger partial charge >= 0.3 is 0 Å². The van der Waals surface area contributed by atoms with Crippen LogP contribution in [0, 0.1) is 6.92 Å². The molecule has 1 heterocycles. The molecule has 17 heavy (non-hydrogen) atoms. The maximum Gasteiger partial charge on any atom is 0.162 e. The van der Waals surface area contributed by atoms with Crippen molar-refractivity contribution in [3.63, 3.8) is 0 Å². The normalized spacial score (nSPS) is 10.8. The Bertz CT molecular complexity index is 532. The van der Waals surface area contributed by atoms with E-state index in [4.69, 9.17) is 15.2 Å². The van der Waals surface area contributed by atoms with Gasteiger partial charge in [0.15, 0.2) is 11.5 Å². The highest BCUT2D eigenvalue weighted by molar-refractivity contribution is 5.87. The van der Waals surface area contributed by atoms with Gasteiger partial charge in [-0.25, -0.2) is 0 Å². The van der Waals surface area contributed by atoms with Crippen molar-refractivity contribution < 1.29 is 9.47 Å². The van der Waals surface area contributed by atoms with Crippen LogP contribution in [-0.2, 0) is 6.42 Å². The Hall–Kier alpha value is -1.68. The summed E-state index contributed by atoms with van der Waals surface area (Å²) in [4.78, 5) is 3.38. The van der Waals surface area contributed by atoms with Crippen molar-refractivity contribution in [2.45, 2.75) is 13.3 Å². The van der Waals surface area contributed by atoms with E-state index in [-0.39, 0.29) is 0 Å². The van der Waals surface area contributed by atoms with Crippen LogP contribution in [0.3, 0.4) is 0 Å². The first-order chi connectivity index (χ1) is 8.21. The third-order valence-electron chi connectivity index (χ3n) is 3.06. The predicted molar refractivity (Wildman–Crippen MR) is 68.9 cm³/mol. The van der Waals surface area contributed by atoms with Gasteiger partial charge in [0.1, 0.15) is 0 Å². The van der Waals surface area contributed by atoms with Gasteiger partial charge in [0, 0.05) is 29.1 Å². The molecule has 0 atom stereocenters. The minimum Gasteiger partial charge on any atom is -0.493 e. The van der Waals surface area contributed by atoms with Crippen LogP contribution in [-0.4, -0.2) is 25.7 Å². The van der Waals surface area contributed by atoms with Gasteiger partial charge in [-0.15, -0.1) is 0 Å². The van der Waals surface area contributed by atoms with Crippen LogP contribution in [0.15, 0.2) is 12.1 Å². The number of aromatic nitrogens is 1. The predicted octanol–water partition coefficient (Wildman–Crippen LogP) is 1.99. The minimum atomic E-state index is 0.641. The van der Waals surface area contributed by atoms with Crippen molar-refractivity contribution in [2.24, 2.45) is 5.73 Å². The van der Waals surface area contributed by atoms with Crippen molar-refractivity contribution in [2.75, 3.05) is 20.8 Å². The number of benzene rings is 1. The van der Waals surface area contributed by atoms with Crippen LogP contribution in [0.2, 0.25) is 0 Å². The first-order valence-electron chi connectivity index (χ1n) is 5.64. The number of hydrogen-bond acceptors (Lipinski definition) is 3. The topological polar surface area (TPSA) is 60.3 Å². The van der Waals surface area contributed by atoms with Crippen LogP contribution in [0.25, 0.3) is 10.9 Å². The molecule has 0 aliphatic rings.